The predicted octanol–water partition coefficient (Wildman–Crippen LogP) is 3.42. The van der Waals surface area contributed by atoms with Crippen molar-refractivity contribution in [3.05, 3.63) is 48.4 Å². The second-order valence-electron chi connectivity index (χ2n) is 13.1. The SMILES string of the molecule is Cc1cc2cc(NC(=NC3CCCCN(CC(=O)N4CCCC4)C3=O)NS(=O)(=O)c3ccc(N4CCN(C(C)C)CC4)nc3)ccc2o1. The second kappa shape index (κ2) is 14.5. The van der Waals surface area contributed by atoms with E-state index in [1.165, 1.54) is 6.20 Å². The number of fused-ring (bicyclic) bond motifs is 1. The molecule has 0 saturated carbocycles. The molecule has 1 aromatic carbocycles. The summed E-state index contributed by atoms with van der Waals surface area (Å²) in [6.07, 6.45) is 5.18. The molecule has 0 aliphatic carbocycles. The lowest BCUT2D eigenvalue weighted by molar-refractivity contribution is -0.140. The highest BCUT2D eigenvalue weighted by atomic mass is 32.2. The van der Waals surface area contributed by atoms with E-state index in [0.29, 0.717) is 49.8 Å². The molecule has 1 unspecified atom stereocenters. The Morgan fingerprint density at radius 3 is 2.46 bits per heavy atom. The summed E-state index contributed by atoms with van der Waals surface area (Å²) in [6, 6.07) is 10.2. The number of amides is 2. The summed E-state index contributed by atoms with van der Waals surface area (Å²) in [5, 5.41) is 3.95. The minimum absolute atomic E-state index is 0.000385. The van der Waals surface area contributed by atoms with Gasteiger partial charge in [-0.2, -0.15) is 0 Å². The number of carbonyl (C=O) groups is 2. The largest absolute Gasteiger partial charge is 0.461 e. The van der Waals surface area contributed by atoms with Crippen molar-refractivity contribution in [3.8, 4) is 0 Å². The minimum Gasteiger partial charge on any atom is -0.461 e. The van der Waals surface area contributed by atoms with Crippen LogP contribution in [0.4, 0.5) is 11.5 Å². The van der Waals surface area contributed by atoms with Crippen molar-refractivity contribution in [1.29, 1.82) is 0 Å². The van der Waals surface area contributed by atoms with Gasteiger partial charge in [0.2, 0.25) is 17.8 Å². The number of benzene rings is 1. The number of piperazine rings is 1. The fourth-order valence-corrected chi connectivity index (χ4v) is 7.51. The van der Waals surface area contributed by atoms with Gasteiger partial charge in [0.1, 0.15) is 28.1 Å². The van der Waals surface area contributed by atoms with Crippen molar-refractivity contribution in [2.75, 3.05) is 62.6 Å². The number of aryl methyl sites for hydroxylation is 1. The molecule has 0 radical (unpaired) electrons. The van der Waals surface area contributed by atoms with Gasteiger partial charge in [0, 0.05) is 69.1 Å². The monoisotopic (exact) mass is 678 g/mol. The number of sulfonamides is 1. The molecule has 1 atom stereocenters. The number of hydrogen-bond donors (Lipinski definition) is 2. The minimum atomic E-state index is -4.14. The van der Waals surface area contributed by atoms with Crippen LogP contribution in [0.5, 0.6) is 0 Å². The van der Waals surface area contributed by atoms with Crippen LogP contribution in [0.15, 0.2) is 56.9 Å². The maximum absolute atomic E-state index is 13.8. The summed E-state index contributed by atoms with van der Waals surface area (Å²) >= 11 is 0. The van der Waals surface area contributed by atoms with Crippen LogP contribution in [0.1, 0.15) is 51.7 Å². The first-order valence-corrected chi connectivity index (χ1v) is 18.4. The van der Waals surface area contributed by atoms with E-state index in [1.54, 1.807) is 34.1 Å². The van der Waals surface area contributed by atoms with Gasteiger partial charge in [-0.3, -0.25) is 14.5 Å². The molecule has 48 heavy (non-hydrogen) atoms. The average Bonchev–Trinajstić information content (AvgIpc) is 3.71. The summed E-state index contributed by atoms with van der Waals surface area (Å²) in [4.78, 5) is 43.8. The number of pyridine rings is 1. The molecule has 258 valence electrons. The van der Waals surface area contributed by atoms with E-state index in [-0.39, 0.29) is 29.2 Å². The van der Waals surface area contributed by atoms with Gasteiger partial charge in [0.25, 0.3) is 10.0 Å². The Bertz CT molecular complexity index is 1740. The Balaban J connectivity index is 1.23. The molecular formula is C34H46N8O5S. The van der Waals surface area contributed by atoms with Crippen LogP contribution in [0, 0.1) is 6.92 Å². The van der Waals surface area contributed by atoms with Crippen molar-refractivity contribution >= 4 is 50.3 Å². The molecule has 3 aliphatic heterocycles. The Labute approximate surface area is 282 Å². The van der Waals surface area contributed by atoms with E-state index < -0.39 is 16.1 Å². The van der Waals surface area contributed by atoms with Crippen molar-refractivity contribution in [3.63, 3.8) is 0 Å². The molecule has 0 bridgehead atoms. The molecule has 3 fully saturated rings. The summed E-state index contributed by atoms with van der Waals surface area (Å²) in [6.45, 7) is 11.6. The molecular weight excluding hydrogens is 632 g/mol. The highest BCUT2D eigenvalue weighted by Crippen LogP contribution is 2.24. The van der Waals surface area contributed by atoms with Gasteiger partial charge in [-0.15, -0.1) is 0 Å². The summed E-state index contributed by atoms with van der Waals surface area (Å²) in [5.41, 5.74) is 1.27. The van der Waals surface area contributed by atoms with Crippen LogP contribution in [-0.2, 0) is 19.6 Å². The molecule has 3 saturated heterocycles. The number of nitrogens with zero attached hydrogens (tertiary/aromatic N) is 6. The molecule has 2 aromatic heterocycles. The van der Waals surface area contributed by atoms with Crippen LogP contribution in [0.3, 0.4) is 0 Å². The van der Waals surface area contributed by atoms with Gasteiger partial charge in [-0.05, 0) is 89.3 Å². The smallest absolute Gasteiger partial charge is 0.265 e. The number of guanidine groups is 1. The second-order valence-corrected chi connectivity index (χ2v) is 14.8. The van der Waals surface area contributed by atoms with Crippen molar-refractivity contribution in [2.24, 2.45) is 4.99 Å². The van der Waals surface area contributed by atoms with Gasteiger partial charge in [-0.25, -0.2) is 23.1 Å². The average molecular weight is 679 g/mol. The Kier molecular flexibility index (Phi) is 10.2. The molecule has 6 rings (SSSR count). The van der Waals surface area contributed by atoms with E-state index in [0.717, 1.165) is 62.4 Å². The van der Waals surface area contributed by atoms with Gasteiger partial charge >= 0.3 is 0 Å². The zero-order valence-corrected chi connectivity index (χ0v) is 28.8. The maximum atomic E-state index is 13.8. The summed E-state index contributed by atoms with van der Waals surface area (Å²) < 4.78 is 35.8. The highest BCUT2D eigenvalue weighted by molar-refractivity contribution is 7.90. The molecule has 14 heteroatoms. The van der Waals surface area contributed by atoms with E-state index in [9.17, 15) is 18.0 Å². The fourth-order valence-electron chi connectivity index (χ4n) is 6.59. The maximum Gasteiger partial charge on any atom is 0.265 e. The molecule has 3 aromatic rings. The normalized spacial score (nSPS) is 20.1. The zero-order valence-electron chi connectivity index (χ0n) is 28.0. The molecule has 13 nitrogen and oxygen atoms in total. The lowest BCUT2D eigenvalue weighted by atomic mass is 10.1. The third-order valence-electron chi connectivity index (χ3n) is 9.36. The highest BCUT2D eigenvalue weighted by Gasteiger charge is 2.31. The Morgan fingerprint density at radius 1 is 1.00 bits per heavy atom. The van der Waals surface area contributed by atoms with Crippen LogP contribution >= 0.6 is 0 Å². The topological polar surface area (TPSA) is 144 Å². The van der Waals surface area contributed by atoms with Crippen LogP contribution in [-0.4, -0.2) is 110 Å². The predicted molar refractivity (Wildman–Crippen MR) is 186 cm³/mol. The summed E-state index contributed by atoms with van der Waals surface area (Å²) in [7, 11) is -4.14. The van der Waals surface area contributed by atoms with Crippen LogP contribution < -0.4 is 14.9 Å². The van der Waals surface area contributed by atoms with Gasteiger partial charge in [-0.1, -0.05) is 0 Å². The number of aliphatic imine (C=N–C) groups is 1. The van der Waals surface area contributed by atoms with E-state index in [2.05, 4.69) is 43.7 Å². The van der Waals surface area contributed by atoms with Crippen molar-refractivity contribution in [2.45, 2.75) is 69.9 Å². The number of carbonyl (C=O) groups excluding carboxylic acids is 2. The lowest BCUT2D eigenvalue weighted by Gasteiger charge is -2.37. The molecule has 5 heterocycles. The third kappa shape index (κ3) is 7.92. The Morgan fingerprint density at radius 2 is 1.75 bits per heavy atom. The van der Waals surface area contributed by atoms with Crippen molar-refractivity contribution < 1.29 is 22.4 Å². The van der Waals surface area contributed by atoms with Crippen molar-refractivity contribution in [1.82, 2.24) is 24.4 Å². The Hall–Kier alpha value is -4.17. The quantitative estimate of drug-likeness (QED) is 0.271. The number of aromatic nitrogens is 1. The fraction of sp³-hybridized carbons (Fsp3) is 0.529. The van der Waals surface area contributed by atoms with Gasteiger partial charge in [0.15, 0.2) is 0 Å². The van der Waals surface area contributed by atoms with Crippen LogP contribution in [0.25, 0.3) is 11.0 Å². The molecule has 2 amide bonds. The first kappa shape index (κ1) is 33.7. The van der Waals surface area contributed by atoms with Crippen LogP contribution in [0.2, 0.25) is 0 Å². The summed E-state index contributed by atoms with van der Waals surface area (Å²) in [5.74, 6) is 1.03. The van der Waals surface area contributed by atoms with E-state index in [1.807, 2.05) is 19.1 Å². The number of rotatable bonds is 8. The van der Waals surface area contributed by atoms with E-state index in [4.69, 9.17) is 4.42 Å². The van der Waals surface area contributed by atoms with Gasteiger partial charge in [0.05, 0.1) is 6.54 Å². The molecule has 0 spiro atoms. The number of furan rings is 1. The number of anilines is 2. The zero-order chi connectivity index (χ0) is 33.8. The molecule has 2 N–H and O–H groups in total. The van der Waals surface area contributed by atoms with Gasteiger partial charge < -0.3 is 24.4 Å². The number of likely N-dealkylation sites (tertiary alicyclic amines) is 2. The molecule has 3 aliphatic rings. The first-order chi connectivity index (χ1) is 23.1. The first-order valence-electron chi connectivity index (χ1n) is 17.0. The third-order valence-corrected chi connectivity index (χ3v) is 10.7. The van der Waals surface area contributed by atoms with E-state index >= 15 is 0 Å². The number of hydrogen-bond acceptors (Lipinski definition) is 9. The number of nitrogens with one attached hydrogen (secondary N) is 2. The lowest BCUT2D eigenvalue weighted by Crippen LogP contribution is -2.49. The standard InChI is InChI=1S/C34H46N8O5S/c1-24(2)39-16-18-40(19-17-39)31-12-10-28(22-35-31)48(45,46)38-34(36-27-9-11-30-26(21-27)20-25(3)47-30)37-29-8-4-5-15-42(33(29)44)23-32(43)41-13-6-7-14-41/h9-12,20-22,24,29H,4-8,13-19,23H2,1-3H3,(H2,36,37,38).